The van der Waals surface area contributed by atoms with Gasteiger partial charge in [0.2, 0.25) is 0 Å². The highest BCUT2D eigenvalue weighted by Gasteiger charge is 2.05. The molecule has 1 N–H and O–H groups in total. The summed E-state index contributed by atoms with van der Waals surface area (Å²) in [5.41, 5.74) is 8.72. The van der Waals surface area contributed by atoms with Gasteiger partial charge in [-0.2, -0.15) is 0 Å². The molecule has 0 saturated carbocycles. The number of amides is 1. The van der Waals surface area contributed by atoms with Gasteiger partial charge in [0.05, 0.1) is 0 Å². The zero-order chi connectivity index (χ0) is 13.7. The normalized spacial score (nSPS) is 9.95. The number of fused-ring (bicyclic) bond motifs is 1. The Labute approximate surface area is 118 Å². The molecule has 19 heavy (non-hydrogen) atoms. The predicted molar refractivity (Wildman–Crippen MR) is 78.0 cm³/mol. The third-order valence-corrected chi connectivity index (χ3v) is 3.12. The zero-order valence-electron chi connectivity index (χ0n) is 10.0. The van der Waals surface area contributed by atoms with E-state index in [0.29, 0.717) is 12.1 Å². The number of carbonyl (C=O) groups is 1. The van der Waals surface area contributed by atoms with E-state index in [4.69, 9.17) is 5.53 Å². The Bertz CT molecular complexity index is 665. The van der Waals surface area contributed by atoms with Gasteiger partial charge in [0.1, 0.15) is 0 Å². The lowest BCUT2D eigenvalue weighted by atomic mass is 10.1. The summed E-state index contributed by atoms with van der Waals surface area (Å²) in [7, 11) is 0. The van der Waals surface area contributed by atoms with E-state index in [0.717, 1.165) is 15.2 Å². The zero-order valence-corrected chi connectivity index (χ0v) is 11.6. The number of halogens is 1. The maximum Gasteiger partial charge on any atom is 0.251 e. The molecule has 1 amide bonds. The van der Waals surface area contributed by atoms with Crippen LogP contribution in [0.15, 0.2) is 46.0 Å². The first-order valence-electron chi connectivity index (χ1n) is 5.69. The third kappa shape index (κ3) is 3.47. The smallest absolute Gasteiger partial charge is 0.251 e. The van der Waals surface area contributed by atoms with Crippen LogP contribution in [-0.2, 0) is 0 Å². The van der Waals surface area contributed by atoms with E-state index in [2.05, 4.69) is 31.3 Å². The molecule has 0 aliphatic carbocycles. The minimum absolute atomic E-state index is 0.169. The highest BCUT2D eigenvalue weighted by molar-refractivity contribution is 9.10. The average molecular weight is 319 g/mol. The van der Waals surface area contributed by atoms with Crippen molar-refractivity contribution in [1.82, 2.24) is 5.32 Å². The van der Waals surface area contributed by atoms with Crippen LogP contribution in [0.4, 0.5) is 0 Å². The highest BCUT2D eigenvalue weighted by atomic mass is 79.9. The maximum atomic E-state index is 11.9. The minimum Gasteiger partial charge on any atom is -0.352 e. The molecule has 0 spiro atoms. The summed E-state index contributed by atoms with van der Waals surface area (Å²) in [6.45, 7) is 0.587. The fraction of sp³-hybridized carbons (Fsp3) is 0.154. The van der Waals surface area contributed by atoms with Gasteiger partial charge in [0.15, 0.2) is 0 Å². The molecule has 5 nitrogen and oxygen atoms in total. The second kappa shape index (κ2) is 6.22. The van der Waals surface area contributed by atoms with Gasteiger partial charge in [-0.1, -0.05) is 33.2 Å². The van der Waals surface area contributed by atoms with Crippen molar-refractivity contribution in [2.75, 3.05) is 13.1 Å². The van der Waals surface area contributed by atoms with Crippen LogP contribution in [0.5, 0.6) is 0 Å². The lowest BCUT2D eigenvalue weighted by molar-refractivity contribution is 0.0955. The fourth-order valence-corrected chi connectivity index (χ4v) is 2.10. The van der Waals surface area contributed by atoms with E-state index >= 15 is 0 Å². The number of nitrogens with one attached hydrogen (secondary N) is 1. The Hall–Kier alpha value is -2.04. The van der Waals surface area contributed by atoms with Crippen molar-refractivity contribution in [1.29, 1.82) is 0 Å². The Morgan fingerprint density at radius 3 is 2.79 bits per heavy atom. The van der Waals surface area contributed by atoms with Gasteiger partial charge >= 0.3 is 0 Å². The second-order valence-electron chi connectivity index (χ2n) is 3.92. The second-order valence-corrected chi connectivity index (χ2v) is 4.83. The van der Waals surface area contributed by atoms with Crippen LogP contribution >= 0.6 is 15.9 Å². The van der Waals surface area contributed by atoms with Crippen LogP contribution < -0.4 is 5.32 Å². The van der Waals surface area contributed by atoms with Crippen molar-refractivity contribution >= 4 is 32.6 Å². The molecule has 0 aliphatic rings. The van der Waals surface area contributed by atoms with Gasteiger partial charge in [-0.25, -0.2) is 0 Å². The van der Waals surface area contributed by atoms with E-state index in [9.17, 15) is 4.79 Å². The third-order valence-electron chi connectivity index (χ3n) is 2.63. The summed E-state index contributed by atoms with van der Waals surface area (Å²) >= 11 is 3.41. The molecule has 0 heterocycles. The van der Waals surface area contributed by atoms with E-state index in [1.807, 2.05) is 30.3 Å². The summed E-state index contributed by atoms with van der Waals surface area (Å²) in [6, 6.07) is 11.4. The minimum atomic E-state index is -0.169. The van der Waals surface area contributed by atoms with Crippen LogP contribution in [0.2, 0.25) is 0 Å². The molecule has 0 aromatic heterocycles. The van der Waals surface area contributed by atoms with Gasteiger partial charge in [0, 0.05) is 28.0 Å². The van der Waals surface area contributed by atoms with Gasteiger partial charge < -0.3 is 5.32 Å². The van der Waals surface area contributed by atoms with Gasteiger partial charge in [-0.05, 0) is 40.6 Å². The monoisotopic (exact) mass is 318 g/mol. The van der Waals surface area contributed by atoms with Gasteiger partial charge in [-0.15, -0.1) is 0 Å². The molecular formula is C13H11BrN4O. The summed E-state index contributed by atoms with van der Waals surface area (Å²) < 4.78 is 1.01. The van der Waals surface area contributed by atoms with Gasteiger partial charge in [0.25, 0.3) is 5.91 Å². The van der Waals surface area contributed by atoms with Crippen molar-refractivity contribution < 1.29 is 4.79 Å². The van der Waals surface area contributed by atoms with Crippen molar-refractivity contribution in [2.45, 2.75) is 0 Å². The number of carbonyl (C=O) groups excluding carboxylic acids is 1. The molecule has 2 aromatic carbocycles. The van der Waals surface area contributed by atoms with Crippen molar-refractivity contribution in [3.05, 3.63) is 56.9 Å². The maximum absolute atomic E-state index is 11.9. The Morgan fingerprint density at radius 1 is 1.26 bits per heavy atom. The summed E-state index contributed by atoms with van der Waals surface area (Å²) in [4.78, 5) is 14.5. The van der Waals surface area contributed by atoms with Crippen molar-refractivity contribution in [3.63, 3.8) is 0 Å². The number of hydrogen-bond donors (Lipinski definition) is 1. The molecular weight excluding hydrogens is 308 g/mol. The molecule has 6 heteroatoms. The SMILES string of the molecule is [N-]=[N+]=NCCNC(=O)c1ccc2cc(Br)ccc2c1. The molecule has 0 unspecified atom stereocenters. The fourth-order valence-electron chi connectivity index (χ4n) is 1.72. The lowest BCUT2D eigenvalue weighted by Gasteiger charge is -2.05. The van der Waals surface area contributed by atoms with E-state index in [1.165, 1.54) is 0 Å². The number of nitrogens with zero attached hydrogens (tertiary/aromatic N) is 3. The van der Waals surface area contributed by atoms with E-state index in [-0.39, 0.29) is 12.5 Å². The first kappa shape index (κ1) is 13.4. The highest BCUT2D eigenvalue weighted by Crippen LogP contribution is 2.20. The number of rotatable bonds is 4. The number of hydrogen-bond acceptors (Lipinski definition) is 2. The van der Waals surface area contributed by atoms with Crippen LogP contribution in [0.1, 0.15) is 10.4 Å². The largest absolute Gasteiger partial charge is 0.352 e. The predicted octanol–water partition coefficient (Wildman–Crippen LogP) is 3.64. The Balaban J connectivity index is 2.14. The standard InChI is InChI=1S/C13H11BrN4O/c14-12-4-3-9-7-11(2-1-10(9)8-12)13(19)16-5-6-17-18-15/h1-4,7-8H,5-6H2,(H,16,19). The molecule has 0 radical (unpaired) electrons. The molecule has 0 atom stereocenters. The molecule has 0 bridgehead atoms. The first-order valence-corrected chi connectivity index (χ1v) is 6.48. The Morgan fingerprint density at radius 2 is 2.00 bits per heavy atom. The van der Waals surface area contributed by atoms with E-state index < -0.39 is 0 Å². The molecule has 0 fully saturated rings. The van der Waals surface area contributed by atoms with Crippen LogP contribution in [-0.4, -0.2) is 19.0 Å². The number of azide groups is 1. The molecule has 0 aliphatic heterocycles. The molecule has 2 rings (SSSR count). The van der Waals surface area contributed by atoms with E-state index in [1.54, 1.807) is 6.07 Å². The summed E-state index contributed by atoms with van der Waals surface area (Å²) in [5.74, 6) is -0.169. The van der Waals surface area contributed by atoms with Crippen LogP contribution in [0.25, 0.3) is 21.2 Å². The average Bonchev–Trinajstić information content (AvgIpc) is 2.42. The first-order chi connectivity index (χ1) is 9.20. The van der Waals surface area contributed by atoms with Gasteiger partial charge in [-0.3, -0.25) is 4.79 Å². The van der Waals surface area contributed by atoms with Crippen LogP contribution in [0, 0.1) is 0 Å². The molecule has 96 valence electrons. The molecule has 0 saturated heterocycles. The Kier molecular flexibility index (Phi) is 4.39. The summed E-state index contributed by atoms with van der Waals surface area (Å²) in [5, 5.41) is 8.13. The lowest BCUT2D eigenvalue weighted by Crippen LogP contribution is -2.25. The van der Waals surface area contributed by atoms with Crippen LogP contribution in [0.3, 0.4) is 0 Å². The summed E-state index contributed by atoms with van der Waals surface area (Å²) in [6.07, 6.45) is 0. The quantitative estimate of drug-likeness (QED) is 0.397. The molecule has 2 aromatic rings. The van der Waals surface area contributed by atoms with Crippen molar-refractivity contribution in [3.8, 4) is 0 Å². The topological polar surface area (TPSA) is 77.9 Å². The van der Waals surface area contributed by atoms with Crippen molar-refractivity contribution in [2.24, 2.45) is 5.11 Å². The number of benzene rings is 2.